The molecule has 24 heavy (non-hydrogen) atoms. The number of halogens is 1. The highest BCUT2D eigenvalue weighted by Gasteiger charge is 2.22. The van der Waals surface area contributed by atoms with Gasteiger partial charge < -0.3 is 9.47 Å². The standard InChI is InChI=1S/C16H18ClN5OS/c1-11(15(23)21(2)10-6-9-18)24-16-20-19-14(22(16)3)12-7-4-5-8-13(12)17/h4-5,7-8,11H,6,10H2,1-3H3/t11-/m1/s1. The van der Waals surface area contributed by atoms with Gasteiger partial charge in [-0.05, 0) is 19.1 Å². The van der Waals surface area contributed by atoms with E-state index in [2.05, 4.69) is 10.2 Å². The maximum Gasteiger partial charge on any atom is 0.235 e. The van der Waals surface area contributed by atoms with Gasteiger partial charge in [0.1, 0.15) is 0 Å². The van der Waals surface area contributed by atoms with Gasteiger partial charge >= 0.3 is 0 Å². The van der Waals surface area contributed by atoms with Crippen LogP contribution in [-0.4, -0.2) is 44.4 Å². The monoisotopic (exact) mass is 363 g/mol. The smallest absolute Gasteiger partial charge is 0.235 e. The largest absolute Gasteiger partial charge is 0.344 e. The molecule has 0 N–H and O–H groups in total. The zero-order valence-electron chi connectivity index (χ0n) is 13.7. The second-order valence-corrected chi connectivity index (χ2v) is 6.99. The van der Waals surface area contributed by atoms with Crippen LogP contribution in [-0.2, 0) is 11.8 Å². The van der Waals surface area contributed by atoms with Gasteiger partial charge in [0.25, 0.3) is 0 Å². The van der Waals surface area contributed by atoms with Crippen molar-refractivity contribution in [3.63, 3.8) is 0 Å². The molecule has 8 heteroatoms. The molecule has 2 rings (SSSR count). The third-order valence-corrected chi connectivity index (χ3v) is 4.97. The predicted octanol–water partition coefficient (Wildman–Crippen LogP) is 2.99. The van der Waals surface area contributed by atoms with Gasteiger partial charge in [0.2, 0.25) is 5.91 Å². The Hall–Kier alpha value is -2.04. The third-order valence-electron chi connectivity index (χ3n) is 3.51. The highest BCUT2D eigenvalue weighted by atomic mass is 35.5. The molecule has 1 aromatic heterocycles. The molecule has 0 aliphatic carbocycles. The van der Waals surface area contributed by atoms with Crippen LogP contribution in [0.4, 0.5) is 0 Å². The van der Waals surface area contributed by atoms with Crippen LogP contribution in [0.15, 0.2) is 29.4 Å². The highest BCUT2D eigenvalue weighted by molar-refractivity contribution is 8.00. The van der Waals surface area contributed by atoms with E-state index in [0.717, 1.165) is 5.56 Å². The Morgan fingerprint density at radius 2 is 2.17 bits per heavy atom. The van der Waals surface area contributed by atoms with Crippen LogP contribution in [0.3, 0.4) is 0 Å². The Kier molecular flexibility index (Phi) is 6.23. The molecule has 0 aliphatic heterocycles. The fourth-order valence-electron chi connectivity index (χ4n) is 2.14. The summed E-state index contributed by atoms with van der Waals surface area (Å²) in [5.41, 5.74) is 0.797. The van der Waals surface area contributed by atoms with Gasteiger partial charge in [-0.3, -0.25) is 4.79 Å². The number of carbonyl (C=O) groups excluding carboxylic acids is 1. The minimum Gasteiger partial charge on any atom is -0.344 e. The summed E-state index contributed by atoms with van der Waals surface area (Å²) >= 11 is 7.54. The Morgan fingerprint density at radius 3 is 2.83 bits per heavy atom. The summed E-state index contributed by atoms with van der Waals surface area (Å²) in [4.78, 5) is 13.9. The number of rotatable bonds is 6. The van der Waals surface area contributed by atoms with Crippen molar-refractivity contribution in [2.24, 2.45) is 7.05 Å². The first-order chi connectivity index (χ1) is 11.5. The first-order valence-corrected chi connectivity index (χ1v) is 8.64. The fraction of sp³-hybridized carbons (Fsp3) is 0.375. The molecule has 2 aromatic rings. The first kappa shape index (κ1) is 18.3. The van der Waals surface area contributed by atoms with E-state index in [0.29, 0.717) is 29.0 Å². The van der Waals surface area contributed by atoms with Crippen molar-refractivity contribution in [1.82, 2.24) is 19.7 Å². The lowest BCUT2D eigenvalue weighted by Gasteiger charge is -2.19. The molecule has 1 amide bonds. The topological polar surface area (TPSA) is 74.8 Å². The zero-order valence-corrected chi connectivity index (χ0v) is 15.3. The molecule has 126 valence electrons. The molecule has 0 spiro atoms. The number of nitrogens with zero attached hydrogens (tertiary/aromatic N) is 5. The van der Waals surface area contributed by atoms with E-state index in [4.69, 9.17) is 16.9 Å². The van der Waals surface area contributed by atoms with E-state index in [1.165, 1.54) is 11.8 Å². The van der Waals surface area contributed by atoms with Crippen LogP contribution in [0.1, 0.15) is 13.3 Å². The third kappa shape index (κ3) is 4.08. The second kappa shape index (κ2) is 8.18. The number of benzene rings is 1. The summed E-state index contributed by atoms with van der Waals surface area (Å²) in [7, 11) is 3.54. The normalized spacial score (nSPS) is 11.8. The maximum absolute atomic E-state index is 12.3. The summed E-state index contributed by atoms with van der Waals surface area (Å²) in [6.07, 6.45) is 0.320. The number of hydrogen-bond acceptors (Lipinski definition) is 5. The molecular weight excluding hydrogens is 346 g/mol. The van der Waals surface area contributed by atoms with E-state index >= 15 is 0 Å². The van der Waals surface area contributed by atoms with Crippen molar-refractivity contribution in [2.45, 2.75) is 23.8 Å². The predicted molar refractivity (Wildman–Crippen MR) is 94.6 cm³/mol. The Morgan fingerprint density at radius 1 is 1.46 bits per heavy atom. The van der Waals surface area contributed by atoms with Gasteiger partial charge in [0, 0.05) is 26.2 Å². The van der Waals surface area contributed by atoms with Gasteiger partial charge in [-0.2, -0.15) is 5.26 Å². The van der Waals surface area contributed by atoms with Crippen LogP contribution in [0.5, 0.6) is 0 Å². The van der Waals surface area contributed by atoms with E-state index < -0.39 is 0 Å². The zero-order chi connectivity index (χ0) is 17.7. The van der Waals surface area contributed by atoms with Crippen LogP contribution >= 0.6 is 23.4 Å². The van der Waals surface area contributed by atoms with Gasteiger partial charge in [-0.15, -0.1) is 10.2 Å². The number of nitriles is 1. The van der Waals surface area contributed by atoms with Crippen molar-refractivity contribution in [1.29, 1.82) is 5.26 Å². The van der Waals surface area contributed by atoms with Crippen LogP contribution in [0.25, 0.3) is 11.4 Å². The number of thioether (sulfide) groups is 1. The van der Waals surface area contributed by atoms with Crippen molar-refractivity contribution in [3.05, 3.63) is 29.3 Å². The average molecular weight is 364 g/mol. The van der Waals surface area contributed by atoms with Crippen LogP contribution in [0, 0.1) is 11.3 Å². The average Bonchev–Trinajstić information content (AvgIpc) is 2.93. The molecule has 0 unspecified atom stereocenters. The molecule has 0 bridgehead atoms. The Balaban J connectivity index is 2.13. The van der Waals surface area contributed by atoms with Gasteiger partial charge in [0.05, 0.1) is 22.8 Å². The van der Waals surface area contributed by atoms with E-state index in [-0.39, 0.29) is 11.2 Å². The van der Waals surface area contributed by atoms with E-state index in [1.807, 2.05) is 42.8 Å². The minimum absolute atomic E-state index is 0.0439. The van der Waals surface area contributed by atoms with Gasteiger partial charge in [0.15, 0.2) is 11.0 Å². The summed E-state index contributed by atoms with van der Waals surface area (Å²) in [5.74, 6) is 0.609. The lowest BCUT2D eigenvalue weighted by molar-refractivity contribution is -0.128. The van der Waals surface area contributed by atoms with Crippen LogP contribution < -0.4 is 0 Å². The number of aromatic nitrogens is 3. The lowest BCUT2D eigenvalue weighted by Crippen LogP contribution is -2.34. The van der Waals surface area contributed by atoms with Crippen molar-refractivity contribution in [3.8, 4) is 17.5 Å². The number of hydrogen-bond donors (Lipinski definition) is 0. The first-order valence-electron chi connectivity index (χ1n) is 7.38. The van der Waals surface area contributed by atoms with E-state index in [9.17, 15) is 4.79 Å². The molecule has 0 saturated carbocycles. The van der Waals surface area contributed by atoms with Crippen LogP contribution in [0.2, 0.25) is 5.02 Å². The Labute approximate surface area is 150 Å². The molecular formula is C16H18ClN5OS. The maximum atomic E-state index is 12.3. The van der Waals surface area contributed by atoms with Gasteiger partial charge in [-0.25, -0.2) is 0 Å². The molecule has 1 aromatic carbocycles. The quantitative estimate of drug-likeness (QED) is 0.737. The fourth-order valence-corrected chi connectivity index (χ4v) is 3.29. The van der Waals surface area contributed by atoms with Gasteiger partial charge in [-0.1, -0.05) is 35.5 Å². The summed E-state index contributed by atoms with van der Waals surface area (Å²) in [6.45, 7) is 2.24. The van der Waals surface area contributed by atoms with Crippen molar-refractivity contribution < 1.29 is 4.79 Å². The molecule has 0 aliphatic rings. The number of amides is 1. The number of carbonyl (C=O) groups is 1. The molecule has 0 radical (unpaired) electrons. The van der Waals surface area contributed by atoms with E-state index in [1.54, 1.807) is 18.0 Å². The summed E-state index contributed by atoms with van der Waals surface area (Å²) in [5, 5.41) is 17.9. The molecule has 6 nitrogen and oxygen atoms in total. The molecule has 0 fully saturated rings. The molecule has 1 heterocycles. The highest BCUT2D eigenvalue weighted by Crippen LogP contribution is 2.29. The molecule has 0 saturated heterocycles. The Bertz CT molecular complexity index is 770. The van der Waals surface area contributed by atoms with Crippen molar-refractivity contribution >= 4 is 29.3 Å². The second-order valence-electron chi connectivity index (χ2n) is 5.27. The SMILES string of the molecule is C[C@@H](Sc1nnc(-c2ccccc2Cl)n1C)C(=O)N(C)CCC#N. The molecule has 1 atom stereocenters. The summed E-state index contributed by atoms with van der Waals surface area (Å²) in [6, 6.07) is 9.46. The van der Waals surface area contributed by atoms with Crippen molar-refractivity contribution in [2.75, 3.05) is 13.6 Å². The lowest BCUT2D eigenvalue weighted by atomic mass is 10.2. The summed E-state index contributed by atoms with van der Waals surface area (Å²) < 4.78 is 1.82. The minimum atomic E-state index is -0.323.